The van der Waals surface area contributed by atoms with Gasteiger partial charge in [0.15, 0.2) is 0 Å². The van der Waals surface area contributed by atoms with Crippen molar-refractivity contribution in [3.05, 3.63) is 47.5 Å². The van der Waals surface area contributed by atoms with Gasteiger partial charge in [-0.15, -0.1) is 24.8 Å². The van der Waals surface area contributed by atoms with Gasteiger partial charge in [0.1, 0.15) is 0 Å². The van der Waals surface area contributed by atoms with Crippen molar-refractivity contribution in [1.29, 1.82) is 0 Å². The number of aromatic amines is 1. The molecule has 0 spiro atoms. The minimum atomic E-state index is -0.329. The van der Waals surface area contributed by atoms with Gasteiger partial charge in [-0.05, 0) is 75.4 Å². The van der Waals surface area contributed by atoms with Gasteiger partial charge in [0, 0.05) is 34.9 Å². The molecule has 3 N–H and O–H groups in total. The number of ether oxygens (including phenoxy) is 2. The van der Waals surface area contributed by atoms with Gasteiger partial charge in [-0.1, -0.05) is 27.7 Å². The number of rotatable bonds is 14. The first kappa shape index (κ1) is 35.6. The molecule has 0 unspecified atom stereocenters. The average Bonchev–Trinajstić information content (AvgIpc) is 3.25. The van der Waals surface area contributed by atoms with Crippen LogP contribution < -0.4 is 0 Å². The molecule has 3 rings (SSSR count). The third-order valence-electron chi connectivity index (χ3n) is 6.56. The predicted octanol–water partition coefficient (Wildman–Crippen LogP) is 5.12. The van der Waals surface area contributed by atoms with Crippen molar-refractivity contribution in [2.75, 3.05) is 52.5 Å². The predicted molar refractivity (Wildman–Crippen MR) is 159 cm³/mol. The standard InChI is InChI=1S/C28H39N3O4.2ClH.H2O/c1-5-30(6-2)15-9-17-34-27(32)21-11-13-25-23(19-21)24-20-22(12-14-26(24)29-25)28(33)35-18-10-16-31(7-3)8-4;;;/h11-14,19-20,29H,5-10,15-18H2,1-4H3;2*1H;1H2. The Labute approximate surface area is 238 Å². The normalized spacial score (nSPS) is 10.7. The van der Waals surface area contributed by atoms with Gasteiger partial charge >= 0.3 is 11.9 Å². The van der Waals surface area contributed by atoms with Crippen molar-refractivity contribution in [3.8, 4) is 0 Å². The third kappa shape index (κ3) is 9.43. The summed E-state index contributed by atoms with van der Waals surface area (Å²) in [7, 11) is 0. The molecule has 0 saturated carbocycles. The molecule has 0 bridgehead atoms. The van der Waals surface area contributed by atoms with Gasteiger partial charge in [0.05, 0.1) is 24.3 Å². The zero-order valence-corrected chi connectivity index (χ0v) is 24.5. The summed E-state index contributed by atoms with van der Waals surface area (Å²) in [6.45, 7) is 15.1. The van der Waals surface area contributed by atoms with Crippen LogP contribution in [-0.4, -0.2) is 84.7 Å². The van der Waals surface area contributed by atoms with Crippen LogP contribution in [0, 0.1) is 0 Å². The fourth-order valence-electron chi connectivity index (χ4n) is 4.30. The summed E-state index contributed by atoms with van der Waals surface area (Å²) in [6.07, 6.45) is 1.62. The Bertz CT molecular complexity index is 1040. The van der Waals surface area contributed by atoms with E-state index in [0.717, 1.165) is 73.9 Å². The molecule has 1 aromatic heterocycles. The molecule has 214 valence electrons. The number of hydrogen-bond acceptors (Lipinski definition) is 6. The quantitative estimate of drug-likeness (QED) is 0.212. The molecule has 8 nitrogen and oxygen atoms in total. The third-order valence-corrected chi connectivity index (χ3v) is 6.56. The van der Waals surface area contributed by atoms with E-state index < -0.39 is 0 Å². The van der Waals surface area contributed by atoms with E-state index in [1.807, 2.05) is 24.3 Å². The van der Waals surface area contributed by atoms with Crippen molar-refractivity contribution in [2.45, 2.75) is 40.5 Å². The summed E-state index contributed by atoms with van der Waals surface area (Å²) < 4.78 is 11.0. The lowest BCUT2D eigenvalue weighted by Gasteiger charge is -2.17. The first-order chi connectivity index (χ1) is 17.0. The maximum atomic E-state index is 12.6. The number of hydrogen-bond donors (Lipinski definition) is 1. The lowest BCUT2D eigenvalue weighted by atomic mass is 10.1. The molecule has 3 aromatic rings. The van der Waals surface area contributed by atoms with Crippen LogP contribution in [0.5, 0.6) is 0 Å². The van der Waals surface area contributed by atoms with Crippen LogP contribution in [0.2, 0.25) is 0 Å². The van der Waals surface area contributed by atoms with Crippen molar-refractivity contribution in [3.63, 3.8) is 0 Å². The number of carbonyl (C=O) groups is 2. The first-order valence-electron chi connectivity index (χ1n) is 12.8. The molecule has 0 radical (unpaired) electrons. The van der Waals surface area contributed by atoms with E-state index in [9.17, 15) is 9.59 Å². The number of benzene rings is 2. The largest absolute Gasteiger partial charge is 0.462 e. The summed E-state index contributed by atoms with van der Waals surface area (Å²) in [5.74, 6) is -0.658. The van der Waals surface area contributed by atoms with Crippen LogP contribution in [-0.2, 0) is 9.47 Å². The van der Waals surface area contributed by atoms with E-state index in [-0.39, 0.29) is 42.2 Å². The second-order valence-electron chi connectivity index (χ2n) is 8.68. The highest BCUT2D eigenvalue weighted by molar-refractivity contribution is 6.11. The Hall–Kier alpha value is -2.36. The Morgan fingerprint density at radius 3 is 1.39 bits per heavy atom. The van der Waals surface area contributed by atoms with Gasteiger partial charge in [0.25, 0.3) is 0 Å². The van der Waals surface area contributed by atoms with Gasteiger partial charge in [0.2, 0.25) is 0 Å². The minimum absolute atomic E-state index is 0. The molecule has 0 saturated heterocycles. The summed E-state index contributed by atoms with van der Waals surface area (Å²) in [5, 5.41) is 1.77. The Balaban J connectivity index is 0.00000456. The highest BCUT2D eigenvalue weighted by atomic mass is 35.5. The van der Waals surface area contributed by atoms with Crippen LogP contribution in [0.1, 0.15) is 61.3 Å². The molecular weight excluding hydrogens is 529 g/mol. The summed E-state index contributed by atoms with van der Waals surface area (Å²) >= 11 is 0. The lowest BCUT2D eigenvalue weighted by Crippen LogP contribution is -2.25. The minimum Gasteiger partial charge on any atom is -0.462 e. The topological polar surface area (TPSA) is 106 Å². The van der Waals surface area contributed by atoms with Crippen LogP contribution >= 0.6 is 24.8 Å². The van der Waals surface area contributed by atoms with E-state index in [2.05, 4.69) is 42.5 Å². The van der Waals surface area contributed by atoms with E-state index in [4.69, 9.17) is 9.47 Å². The van der Waals surface area contributed by atoms with Crippen molar-refractivity contribution in [1.82, 2.24) is 14.8 Å². The van der Waals surface area contributed by atoms with Crippen molar-refractivity contribution >= 4 is 58.6 Å². The summed E-state index contributed by atoms with van der Waals surface area (Å²) in [6, 6.07) is 11.0. The van der Waals surface area contributed by atoms with Crippen LogP contribution in [0.25, 0.3) is 21.8 Å². The van der Waals surface area contributed by atoms with Crippen LogP contribution in [0.4, 0.5) is 0 Å². The smallest absolute Gasteiger partial charge is 0.338 e. The molecule has 0 aliphatic carbocycles. The maximum absolute atomic E-state index is 12.6. The molecule has 0 aliphatic rings. The van der Waals surface area contributed by atoms with Gasteiger partial charge in [-0.3, -0.25) is 0 Å². The van der Waals surface area contributed by atoms with Crippen LogP contribution in [0.3, 0.4) is 0 Å². The monoisotopic (exact) mass is 571 g/mol. The van der Waals surface area contributed by atoms with Gasteiger partial charge in [-0.2, -0.15) is 0 Å². The molecule has 10 heteroatoms. The number of esters is 2. The van der Waals surface area contributed by atoms with Gasteiger partial charge < -0.3 is 29.7 Å². The first-order valence-corrected chi connectivity index (χ1v) is 12.8. The van der Waals surface area contributed by atoms with E-state index in [1.165, 1.54) is 0 Å². The average molecular weight is 573 g/mol. The number of nitrogens with one attached hydrogen (secondary N) is 1. The second kappa shape index (κ2) is 18.0. The van der Waals surface area contributed by atoms with E-state index >= 15 is 0 Å². The number of H-pyrrole nitrogens is 1. The van der Waals surface area contributed by atoms with Gasteiger partial charge in [-0.25, -0.2) is 9.59 Å². The molecule has 0 fully saturated rings. The molecular formula is C28H43Cl2N3O5. The Morgan fingerprint density at radius 1 is 0.684 bits per heavy atom. The highest BCUT2D eigenvalue weighted by Gasteiger charge is 2.14. The zero-order valence-electron chi connectivity index (χ0n) is 22.9. The zero-order chi connectivity index (χ0) is 25.2. The Morgan fingerprint density at radius 2 is 1.05 bits per heavy atom. The van der Waals surface area contributed by atoms with Crippen LogP contribution in [0.15, 0.2) is 36.4 Å². The summed E-state index contributed by atoms with van der Waals surface area (Å²) in [5.41, 5.74) is 2.82. The molecule has 2 aromatic carbocycles. The molecule has 0 atom stereocenters. The highest BCUT2D eigenvalue weighted by Crippen LogP contribution is 2.28. The fourth-order valence-corrected chi connectivity index (χ4v) is 4.30. The maximum Gasteiger partial charge on any atom is 0.338 e. The number of fused-ring (bicyclic) bond motifs is 3. The molecule has 0 aliphatic heterocycles. The summed E-state index contributed by atoms with van der Waals surface area (Å²) in [4.78, 5) is 33.2. The van der Waals surface area contributed by atoms with Crippen molar-refractivity contribution < 1.29 is 24.5 Å². The van der Waals surface area contributed by atoms with E-state index in [1.54, 1.807) is 12.1 Å². The fraction of sp³-hybridized carbons (Fsp3) is 0.500. The SMILES string of the molecule is CCN(CC)CCCOC(=O)c1ccc2[nH]c3ccc(C(=O)OCCCN(CC)CC)cc3c2c1.Cl.Cl.O. The number of aromatic nitrogens is 1. The second-order valence-corrected chi connectivity index (χ2v) is 8.68. The number of nitrogens with zero attached hydrogens (tertiary/aromatic N) is 2. The van der Waals surface area contributed by atoms with Crippen molar-refractivity contribution in [2.24, 2.45) is 0 Å². The number of carbonyl (C=O) groups excluding carboxylic acids is 2. The van der Waals surface area contributed by atoms with E-state index in [0.29, 0.717) is 24.3 Å². The number of halogens is 2. The molecule has 1 heterocycles. The molecule has 38 heavy (non-hydrogen) atoms. The Kier molecular flexibility index (Phi) is 16.9. The lowest BCUT2D eigenvalue weighted by molar-refractivity contribution is 0.0480. The molecule has 0 amide bonds.